The van der Waals surface area contributed by atoms with Gasteiger partial charge in [0.05, 0.1) is 16.8 Å². The summed E-state index contributed by atoms with van der Waals surface area (Å²) >= 11 is 13.5. The highest BCUT2D eigenvalue weighted by Gasteiger charge is 2.36. The number of pyridine rings is 1. The van der Waals surface area contributed by atoms with E-state index in [-0.39, 0.29) is 5.91 Å². The normalized spacial score (nSPS) is 11.5. The molecule has 0 unspecified atom stereocenters. The van der Waals surface area contributed by atoms with E-state index in [9.17, 15) is 4.79 Å². The lowest BCUT2D eigenvalue weighted by molar-refractivity contribution is -0.131. The molecule has 0 saturated heterocycles. The molecule has 2 aromatic heterocycles. The molecular weight excluding hydrogens is 453 g/mol. The minimum Gasteiger partial charge on any atom is -0.478 e. The van der Waals surface area contributed by atoms with Crippen molar-refractivity contribution in [3.63, 3.8) is 0 Å². The number of amides is 1. The van der Waals surface area contributed by atoms with E-state index in [2.05, 4.69) is 9.97 Å². The molecule has 0 spiro atoms. The SMILES string of the molecule is CC(C)(Oc1ccc(Cl)cc1)C(=O)N(Cc1cccnc1)c1nc2ccc(Cl)cc2s1. The quantitative estimate of drug-likeness (QED) is 0.326. The summed E-state index contributed by atoms with van der Waals surface area (Å²) in [5.41, 5.74) is 0.520. The second kappa shape index (κ2) is 8.83. The van der Waals surface area contributed by atoms with Crippen molar-refractivity contribution < 1.29 is 9.53 Å². The van der Waals surface area contributed by atoms with Crippen LogP contribution in [-0.2, 0) is 11.3 Å². The molecule has 0 bridgehead atoms. The minimum absolute atomic E-state index is 0.226. The van der Waals surface area contributed by atoms with Crippen molar-refractivity contribution in [2.75, 3.05) is 4.90 Å². The van der Waals surface area contributed by atoms with Crippen LogP contribution >= 0.6 is 34.5 Å². The number of rotatable bonds is 6. The topological polar surface area (TPSA) is 55.3 Å². The van der Waals surface area contributed by atoms with Crippen LogP contribution in [0.3, 0.4) is 0 Å². The Morgan fingerprint density at radius 1 is 1.10 bits per heavy atom. The number of benzene rings is 2. The summed E-state index contributed by atoms with van der Waals surface area (Å²) in [5, 5.41) is 1.79. The summed E-state index contributed by atoms with van der Waals surface area (Å²) in [7, 11) is 0. The second-order valence-corrected chi connectivity index (χ2v) is 9.31. The summed E-state index contributed by atoms with van der Waals surface area (Å²) in [5.74, 6) is 0.330. The number of aromatic nitrogens is 2. The van der Waals surface area contributed by atoms with Crippen LogP contribution in [0.1, 0.15) is 19.4 Å². The Hall–Kier alpha value is -2.67. The number of fused-ring (bicyclic) bond motifs is 1. The molecule has 4 aromatic rings. The molecule has 158 valence electrons. The van der Waals surface area contributed by atoms with Gasteiger partial charge < -0.3 is 4.74 Å². The van der Waals surface area contributed by atoms with E-state index in [0.29, 0.717) is 27.5 Å². The summed E-state index contributed by atoms with van der Waals surface area (Å²) in [4.78, 5) is 24.2. The summed E-state index contributed by atoms with van der Waals surface area (Å²) in [6.45, 7) is 3.79. The average Bonchev–Trinajstić information content (AvgIpc) is 3.16. The third kappa shape index (κ3) is 4.98. The highest BCUT2D eigenvalue weighted by atomic mass is 35.5. The summed E-state index contributed by atoms with van der Waals surface area (Å²) < 4.78 is 6.95. The van der Waals surface area contributed by atoms with Crippen LogP contribution in [-0.4, -0.2) is 21.5 Å². The number of hydrogen-bond donors (Lipinski definition) is 0. The van der Waals surface area contributed by atoms with E-state index < -0.39 is 5.60 Å². The highest BCUT2D eigenvalue weighted by molar-refractivity contribution is 7.22. The van der Waals surface area contributed by atoms with Crippen LogP contribution in [0.25, 0.3) is 10.2 Å². The first kappa shape index (κ1) is 21.6. The fourth-order valence-electron chi connectivity index (χ4n) is 3.07. The van der Waals surface area contributed by atoms with Gasteiger partial charge in [0.1, 0.15) is 5.75 Å². The zero-order valence-electron chi connectivity index (χ0n) is 16.9. The maximum absolute atomic E-state index is 13.7. The van der Waals surface area contributed by atoms with Gasteiger partial charge in [-0.25, -0.2) is 4.98 Å². The van der Waals surface area contributed by atoms with E-state index in [1.165, 1.54) is 11.3 Å². The van der Waals surface area contributed by atoms with Gasteiger partial charge in [-0.1, -0.05) is 40.6 Å². The Bertz CT molecular complexity index is 1210. The number of hydrogen-bond acceptors (Lipinski definition) is 5. The lowest BCUT2D eigenvalue weighted by Gasteiger charge is -2.31. The fraction of sp³-hybridized carbons (Fsp3) is 0.174. The molecular formula is C23H19Cl2N3O2S. The number of anilines is 1. The van der Waals surface area contributed by atoms with Crippen molar-refractivity contribution >= 4 is 55.8 Å². The van der Waals surface area contributed by atoms with Crippen molar-refractivity contribution in [3.8, 4) is 5.75 Å². The van der Waals surface area contributed by atoms with Crippen LogP contribution in [0.2, 0.25) is 10.0 Å². The maximum atomic E-state index is 13.7. The first-order valence-corrected chi connectivity index (χ1v) is 11.1. The monoisotopic (exact) mass is 471 g/mol. The van der Waals surface area contributed by atoms with Gasteiger partial charge in [-0.2, -0.15) is 0 Å². The molecule has 1 amide bonds. The smallest absolute Gasteiger partial charge is 0.272 e. The number of thiazole rings is 1. The molecule has 0 aliphatic carbocycles. The Morgan fingerprint density at radius 3 is 2.55 bits per heavy atom. The number of carbonyl (C=O) groups excluding carboxylic acids is 1. The molecule has 8 heteroatoms. The van der Waals surface area contributed by atoms with Gasteiger partial charge in [-0.3, -0.25) is 14.7 Å². The first-order valence-electron chi connectivity index (χ1n) is 9.53. The Morgan fingerprint density at radius 2 is 1.84 bits per heavy atom. The lowest BCUT2D eigenvalue weighted by Crippen LogP contribution is -2.48. The predicted octanol–water partition coefficient (Wildman–Crippen LogP) is 6.39. The van der Waals surface area contributed by atoms with Crippen LogP contribution in [0.15, 0.2) is 67.0 Å². The average molecular weight is 472 g/mol. The molecule has 0 aliphatic heterocycles. The summed E-state index contributed by atoms with van der Waals surface area (Å²) in [6.07, 6.45) is 3.43. The molecule has 0 aliphatic rings. The van der Waals surface area contributed by atoms with Gasteiger partial charge in [-0.05, 0) is 67.9 Å². The van der Waals surface area contributed by atoms with Gasteiger partial charge in [0.2, 0.25) is 0 Å². The van der Waals surface area contributed by atoms with E-state index in [1.807, 2.05) is 24.3 Å². The predicted molar refractivity (Wildman–Crippen MR) is 126 cm³/mol. The molecule has 0 atom stereocenters. The number of nitrogens with zero attached hydrogens (tertiary/aromatic N) is 3. The zero-order chi connectivity index (χ0) is 22.0. The van der Waals surface area contributed by atoms with Crippen molar-refractivity contribution in [2.45, 2.75) is 26.0 Å². The van der Waals surface area contributed by atoms with Gasteiger partial charge in [-0.15, -0.1) is 0 Å². The van der Waals surface area contributed by atoms with E-state index in [1.54, 1.807) is 61.5 Å². The molecule has 2 heterocycles. The first-order chi connectivity index (χ1) is 14.8. The lowest BCUT2D eigenvalue weighted by atomic mass is 10.1. The van der Waals surface area contributed by atoms with Gasteiger partial charge in [0.15, 0.2) is 10.7 Å². The molecule has 0 saturated carbocycles. The number of ether oxygens (including phenoxy) is 1. The molecule has 2 aromatic carbocycles. The molecule has 0 radical (unpaired) electrons. The fourth-order valence-corrected chi connectivity index (χ4v) is 4.43. The van der Waals surface area contributed by atoms with Crippen LogP contribution < -0.4 is 9.64 Å². The van der Waals surface area contributed by atoms with Crippen LogP contribution in [0, 0.1) is 0 Å². The highest BCUT2D eigenvalue weighted by Crippen LogP contribution is 2.33. The Kier molecular flexibility index (Phi) is 6.14. The number of halogens is 2. The van der Waals surface area contributed by atoms with E-state index >= 15 is 0 Å². The Balaban J connectivity index is 1.69. The van der Waals surface area contributed by atoms with Crippen LogP contribution in [0.5, 0.6) is 5.75 Å². The zero-order valence-corrected chi connectivity index (χ0v) is 19.2. The third-order valence-corrected chi connectivity index (χ3v) is 6.11. The second-order valence-electron chi connectivity index (χ2n) is 7.43. The van der Waals surface area contributed by atoms with Gasteiger partial charge in [0.25, 0.3) is 5.91 Å². The van der Waals surface area contributed by atoms with Gasteiger partial charge >= 0.3 is 0 Å². The standard InChI is InChI=1S/C23H19Cl2N3O2S/c1-23(2,30-18-8-5-16(24)6-9-18)21(29)28(14-15-4-3-11-26-13-15)22-27-19-10-7-17(25)12-20(19)31-22/h3-13H,14H2,1-2H3. The molecule has 0 N–H and O–H groups in total. The van der Waals surface area contributed by atoms with Crippen LogP contribution in [0.4, 0.5) is 5.13 Å². The number of carbonyl (C=O) groups is 1. The van der Waals surface area contributed by atoms with Gasteiger partial charge in [0, 0.05) is 22.4 Å². The van der Waals surface area contributed by atoms with Crippen molar-refractivity contribution in [1.82, 2.24) is 9.97 Å². The van der Waals surface area contributed by atoms with Crippen molar-refractivity contribution in [2.24, 2.45) is 0 Å². The van der Waals surface area contributed by atoms with E-state index in [0.717, 1.165) is 15.8 Å². The molecule has 31 heavy (non-hydrogen) atoms. The Labute approximate surface area is 194 Å². The molecule has 4 rings (SSSR count). The largest absolute Gasteiger partial charge is 0.478 e. The van der Waals surface area contributed by atoms with Crippen molar-refractivity contribution in [3.05, 3.63) is 82.6 Å². The molecule has 5 nitrogen and oxygen atoms in total. The minimum atomic E-state index is -1.15. The molecule has 0 fully saturated rings. The maximum Gasteiger partial charge on any atom is 0.272 e. The van der Waals surface area contributed by atoms with E-state index in [4.69, 9.17) is 27.9 Å². The third-order valence-electron chi connectivity index (χ3n) is 4.58. The van der Waals surface area contributed by atoms with Crippen molar-refractivity contribution in [1.29, 1.82) is 0 Å². The summed E-state index contributed by atoms with van der Waals surface area (Å²) in [6, 6.07) is 16.2.